The van der Waals surface area contributed by atoms with Gasteiger partial charge >= 0.3 is 0 Å². The average molecular weight is 599 g/mol. The summed E-state index contributed by atoms with van der Waals surface area (Å²) >= 11 is 0. The number of unbranched alkanes of at least 4 members (excludes halogenated alkanes) is 4. The lowest BCUT2D eigenvalue weighted by Crippen LogP contribution is -2.40. The molecule has 0 aliphatic carbocycles. The first-order chi connectivity index (χ1) is 21.1. The molecule has 5 nitrogen and oxygen atoms in total. The second-order valence-corrected chi connectivity index (χ2v) is 11.8. The zero-order valence-electron chi connectivity index (χ0n) is 28.2. The Bertz CT molecular complexity index is 818. The number of methoxy groups -OCH3 is 2. The van der Waals surface area contributed by atoms with Gasteiger partial charge in [-0.15, -0.1) is 0 Å². The fraction of sp³-hybridized carbons (Fsp3) is 0.684. The monoisotopic (exact) mass is 598 g/mol. The van der Waals surface area contributed by atoms with Crippen LogP contribution in [-0.4, -0.2) is 64.1 Å². The highest BCUT2D eigenvalue weighted by atomic mass is 16.5. The molecule has 0 saturated heterocycles. The van der Waals surface area contributed by atoms with E-state index in [2.05, 4.69) is 88.4 Å². The summed E-state index contributed by atoms with van der Waals surface area (Å²) in [5.74, 6) is 0. The lowest BCUT2D eigenvalue weighted by atomic mass is 9.96. The highest BCUT2D eigenvalue weighted by Crippen LogP contribution is 2.25. The first kappa shape index (κ1) is 37.4. The van der Waals surface area contributed by atoms with E-state index in [4.69, 9.17) is 23.7 Å². The standard InChI is InChI=1S/C38H62O5/c1-7-11-19-25-41-35(9-3)37(39-5)29-33(27-31-21-15-13-16-22-31)43-34(28-32-23-17-14-18-24-32)30-38(40-6)36(10-4)42-26-20-12-8-2/h13-18,21-24,33-38H,7-12,19-20,25-30H2,1-6H3. The van der Waals surface area contributed by atoms with E-state index in [9.17, 15) is 0 Å². The van der Waals surface area contributed by atoms with Gasteiger partial charge in [0, 0.05) is 40.3 Å². The minimum Gasteiger partial charge on any atom is -0.379 e. The number of rotatable bonds is 26. The Labute approximate surface area is 264 Å². The Balaban J connectivity index is 2.27. The quantitative estimate of drug-likeness (QED) is 0.101. The minimum atomic E-state index is -0.0405. The van der Waals surface area contributed by atoms with Gasteiger partial charge in [-0.2, -0.15) is 0 Å². The van der Waals surface area contributed by atoms with Gasteiger partial charge in [-0.05, 0) is 49.7 Å². The molecule has 0 amide bonds. The van der Waals surface area contributed by atoms with Gasteiger partial charge in [0.25, 0.3) is 0 Å². The van der Waals surface area contributed by atoms with Crippen LogP contribution in [0.25, 0.3) is 0 Å². The van der Waals surface area contributed by atoms with E-state index in [1.54, 1.807) is 0 Å². The fourth-order valence-electron chi connectivity index (χ4n) is 5.87. The lowest BCUT2D eigenvalue weighted by Gasteiger charge is -2.34. The fourth-order valence-corrected chi connectivity index (χ4v) is 5.87. The van der Waals surface area contributed by atoms with Crippen LogP contribution in [0.15, 0.2) is 60.7 Å². The Morgan fingerprint density at radius 2 is 0.907 bits per heavy atom. The molecule has 2 rings (SSSR count). The highest BCUT2D eigenvalue weighted by Gasteiger charge is 2.30. The van der Waals surface area contributed by atoms with Crippen LogP contribution in [0, 0.1) is 0 Å². The largest absolute Gasteiger partial charge is 0.379 e. The van der Waals surface area contributed by atoms with Crippen LogP contribution in [0.5, 0.6) is 0 Å². The molecule has 2 aromatic carbocycles. The molecule has 5 heteroatoms. The number of ether oxygens (including phenoxy) is 5. The summed E-state index contributed by atoms with van der Waals surface area (Å²) in [5.41, 5.74) is 2.54. The molecule has 0 heterocycles. The Hall–Kier alpha value is -1.76. The molecule has 6 unspecified atom stereocenters. The normalized spacial score (nSPS) is 16.0. The molecule has 0 aliphatic heterocycles. The Morgan fingerprint density at radius 1 is 0.512 bits per heavy atom. The van der Waals surface area contributed by atoms with Gasteiger partial charge in [-0.3, -0.25) is 0 Å². The van der Waals surface area contributed by atoms with E-state index in [-0.39, 0.29) is 36.6 Å². The van der Waals surface area contributed by atoms with Gasteiger partial charge in [-0.1, -0.05) is 114 Å². The van der Waals surface area contributed by atoms with E-state index < -0.39 is 0 Å². The zero-order chi connectivity index (χ0) is 31.1. The van der Waals surface area contributed by atoms with Gasteiger partial charge in [0.05, 0.1) is 36.6 Å². The summed E-state index contributed by atoms with van der Waals surface area (Å²) in [5, 5.41) is 0. The van der Waals surface area contributed by atoms with Gasteiger partial charge in [-0.25, -0.2) is 0 Å². The molecule has 0 radical (unpaired) electrons. The van der Waals surface area contributed by atoms with Gasteiger partial charge in [0.1, 0.15) is 0 Å². The molecule has 0 fully saturated rings. The number of hydrogen-bond donors (Lipinski definition) is 0. The maximum Gasteiger partial charge on any atom is 0.0857 e. The Kier molecular flexibility index (Phi) is 20.5. The molecule has 0 aliphatic rings. The third kappa shape index (κ3) is 15.2. The number of hydrogen-bond acceptors (Lipinski definition) is 5. The highest BCUT2D eigenvalue weighted by molar-refractivity contribution is 5.17. The first-order valence-corrected chi connectivity index (χ1v) is 17.1. The van der Waals surface area contributed by atoms with Crippen LogP contribution in [0.3, 0.4) is 0 Å². The van der Waals surface area contributed by atoms with Crippen LogP contribution in [0.1, 0.15) is 103 Å². The minimum absolute atomic E-state index is 0.0302. The van der Waals surface area contributed by atoms with Crippen molar-refractivity contribution in [1.82, 2.24) is 0 Å². The average Bonchev–Trinajstić information content (AvgIpc) is 3.04. The van der Waals surface area contributed by atoms with Crippen LogP contribution in [0.2, 0.25) is 0 Å². The van der Waals surface area contributed by atoms with Crippen LogP contribution in [-0.2, 0) is 36.5 Å². The summed E-state index contributed by atoms with van der Waals surface area (Å²) < 4.78 is 32.1. The second-order valence-electron chi connectivity index (χ2n) is 11.8. The molecule has 0 spiro atoms. The van der Waals surface area contributed by atoms with Crippen molar-refractivity contribution in [3.8, 4) is 0 Å². The molecule has 0 bridgehead atoms. The van der Waals surface area contributed by atoms with E-state index in [1.165, 1.54) is 36.8 Å². The van der Waals surface area contributed by atoms with Gasteiger partial charge < -0.3 is 23.7 Å². The summed E-state index contributed by atoms with van der Waals surface area (Å²) in [4.78, 5) is 0. The van der Waals surface area contributed by atoms with Crippen molar-refractivity contribution in [3.63, 3.8) is 0 Å². The molecule has 2 aromatic rings. The third-order valence-electron chi connectivity index (χ3n) is 8.39. The van der Waals surface area contributed by atoms with Crippen LogP contribution in [0.4, 0.5) is 0 Å². The zero-order valence-corrected chi connectivity index (χ0v) is 28.2. The molecular weight excluding hydrogens is 536 g/mol. The van der Waals surface area contributed by atoms with Crippen LogP contribution >= 0.6 is 0 Å². The lowest BCUT2D eigenvalue weighted by molar-refractivity contribution is -0.114. The van der Waals surface area contributed by atoms with Crippen molar-refractivity contribution >= 4 is 0 Å². The van der Waals surface area contributed by atoms with Crippen molar-refractivity contribution in [2.45, 2.75) is 141 Å². The van der Waals surface area contributed by atoms with Crippen molar-refractivity contribution in [2.75, 3.05) is 27.4 Å². The molecule has 43 heavy (non-hydrogen) atoms. The summed E-state index contributed by atoms with van der Waals surface area (Å²) in [6, 6.07) is 21.3. The molecule has 0 N–H and O–H groups in total. The first-order valence-electron chi connectivity index (χ1n) is 17.1. The van der Waals surface area contributed by atoms with Gasteiger partial charge in [0.15, 0.2) is 0 Å². The smallest absolute Gasteiger partial charge is 0.0857 e. The molecule has 244 valence electrons. The topological polar surface area (TPSA) is 46.2 Å². The van der Waals surface area contributed by atoms with Gasteiger partial charge in [0.2, 0.25) is 0 Å². The molecule has 0 saturated carbocycles. The second kappa shape index (κ2) is 23.6. The summed E-state index contributed by atoms with van der Waals surface area (Å²) in [7, 11) is 3.62. The number of benzene rings is 2. The van der Waals surface area contributed by atoms with E-state index in [0.29, 0.717) is 0 Å². The maximum absolute atomic E-state index is 7.13. The Morgan fingerprint density at radius 3 is 1.23 bits per heavy atom. The predicted molar refractivity (Wildman–Crippen MR) is 179 cm³/mol. The third-order valence-corrected chi connectivity index (χ3v) is 8.39. The summed E-state index contributed by atoms with van der Waals surface area (Å²) in [6.07, 6.45) is 11.9. The van der Waals surface area contributed by atoms with Crippen molar-refractivity contribution in [3.05, 3.63) is 71.8 Å². The van der Waals surface area contributed by atoms with E-state index >= 15 is 0 Å². The van der Waals surface area contributed by atoms with E-state index in [0.717, 1.165) is 64.6 Å². The molecule has 6 atom stereocenters. The molecule has 0 aromatic heterocycles. The van der Waals surface area contributed by atoms with E-state index in [1.807, 2.05) is 14.2 Å². The van der Waals surface area contributed by atoms with Crippen LogP contribution < -0.4 is 0 Å². The van der Waals surface area contributed by atoms with Crippen molar-refractivity contribution < 1.29 is 23.7 Å². The summed E-state index contributed by atoms with van der Waals surface area (Å²) in [6.45, 7) is 10.4. The van der Waals surface area contributed by atoms with Crippen molar-refractivity contribution in [2.24, 2.45) is 0 Å². The maximum atomic E-state index is 7.13. The SMILES string of the molecule is CCCCCOC(CC)C(CC(Cc1ccccc1)OC(Cc1ccccc1)CC(OC)C(CC)OCCCCC)OC. The predicted octanol–water partition coefficient (Wildman–Crippen LogP) is 9.01. The van der Waals surface area contributed by atoms with Crippen molar-refractivity contribution in [1.29, 1.82) is 0 Å². The molecular formula is C38H62O5.